The lowest BCUT2D eigenvalue weighted by atomic mass is 10.0. The summed E-state index contributed by atoms with van der Waals surface area (Å²) in [6, 6.07) is 2.60. The maximum absolute atomic E-state index is 13.8. The molecule has 0 aromatic heterocycles. The van der Waals surface area contributed by atoms with E-state index in [4.69, 9.17) is 0 Å². The maximum Gasteiger partial charge on any atom is 0.349 e. The molecule has 0 saturated heterocycles. The molecule has 0 heterocycles. The molecule has 9 nitrogen and oxygen atoms in total. The molecule has 1 unspecified atom stereocenters. The van der Waals surface area contributed by atoms with Crippen LogP contribution < -0.4 is 0 Å². The molecule has 0 saturated carbocycles. The van der Waals surface area contributed by atoms with Crippen LogP contribution in [0.5, 0.6) is 0 Å². The number of nitro benzene ring substituents is 2. The zero-order valence-electron chi connectivity index (χ0n) is 11.4. The number of alkyl halides is 1. The lowest BCUT2D eigenvalue weighted by Crippen LogP contribution is -2.29. The summed E-state index contributed by atoms with van der Waals surface area (Å²) in [7, 11) is 0. The number of nitrogens with zero attached hydrogens (tertiary/aromatic N) is 2. The second kappa shape index (κ2) is 7.20. The number of nitro groups is 2. The molecule has 0 N–H and O–H groups in total. The van der Waals surface area contributed by atoms with Gasteiger partial charge in [0, 0.05) is 12.1 Å². The Bertz CT molecular complexity index is 600. The number of ether oxygens (including phenoxy) is 1. The average Bonchev–Trinajstić information content (AvgIpc) is 2.49. The van der Waals surface area contributed by atoms with E-state index in [1.807, 2.05) is 0 Å². The molecular formula is C12H11FN2O7. The van der Waals surface area contributed by atoms with Crippen molar-refractivity contribution in [2.75, 3.05) is 6.61 Å². The van der Waals surface area contributed by atoms with Crippen LogP contribution in [-0.4, -0.2) is 34.4 Å². The molecule has 118 valence electrons. The molecule has 1 aromatic carbocycles. The minimum atomic E-state index is -2.87. The van der Waals surface area contributed by atoms with Crippen molar-refractivity contribution in [3.05, 3.63) is 44.0 Å². The largest absolute Gasteiger partial charge is 0.463 e. The highest BCUT2D eigenvalue weighted by Gasteiger charge is 2.38. The molecule has 1 aromatic rings. The van der Waals surface area contributed by atoms with Crippen molar-refractivity contribution in [3.8, 4) is 0 Å². The summed E-state index contributed by atoms with van der Waals surface area (Å²) in [4.78, 5) is 42.8. The van der Waals surface area contributed by atoms with E-state index in [-0.39, 0.29) is 6.61 Å². The number of benzene rings is 1. The SMILES string of the molecule is CCCOC(=O)C(F)C(=O)c1c([N+](=O)[O-])cccc1[N+](=O)[O-]. The number of rotatable bonds is 7. The number of hydrogen-bond acceptors (Lipinski definition) is 7. The highest BCUT2D eigenvalue weighted by Crippen LogP contribution is 2.30. The molecular weight excluding hydrogens is 303 g/mol. The molecule has 0 aliphatic rings. The van der Waals surface area contributed by atoms with Crippen molar-refractivity contribution in [2.45, 2.75) is 19.5 Å². The van der Waals surface area contributed by atoms with Gasteiger partial charge in [-0.15, -0.1) is 0 Å². The first-order valence-corrected chi connectivity index (χ1v) is 6.08. The fourth-order valence-corrected chi connectivity index (χ4v) is 1.59. The minimum Gasteiger partial charge on any atom is -0.463 e. The molecule has 0 spiro atoms. The third-order valence-electron chi connectivity index (χ3n) is 2.55. The molecule has 10 heteroatoms. The van der Waals surface area contributed by atoms with E-state index >= 15 is 0 Å². The van der Waals surface area contributed by atoms with Crippen LogP contribution in [0.3, 0.4) is 0 Å². The third kappa shape index (κ3) is 3.59. The summed E-state index contributed by atoms with van der Waals surface area (Å²) in [6.45, 7) is 1.49. The Morgan fingerprint density at radius 2 is 1.73 bits per heavy atom. The molecule has 1 rings (SSSR count). The van der Waals surface area contributed by atoms with Crippen LogP contribution in [0.15, 0.2) is 18.2 Å². The molecule has 0 radical (unpaired) electrons. The number of hydrogen-bond donors (Lipinski definition) is 0. The van der Waals surface area contributed by atoms with Crippen molar-refractivity contribution in [1.82, 2.24) is 0 Å². The average molecular weight is 314 g/mol. The van der Waals surface area contributed by atoms with E-state index in [1.54, 1.807) is 6.92 Å². The van der Waals surface area contributed by atoms with Gasteiger partial charge in [-0.2, -0.15) is 0 Å². The first-order chi connectivity index (χ1) is 10.3. The van der Waals surface area contributed by atoms with E-state index in [9.17, 15) is 34.2 Å². The zero-order valence-corrected chi connectivity index (χ0v) is 11.4. The minimum absolute atomic E-state index is 0.147. The van der Waals surface area contributed by atoms with Crippen molar-refractivity contribution in [3.63, 3.8) is 0 Å². The summed E-state index contributed by atoms with van der Waals surface area (Å²) in [6.07, 6.45) is -2.50. The second-order valence-electron chi connectivity index (χ2n) is 4.08. The third-order valence-corrected chi connectivity index (χ3v) is 2.55. The van der Waals surface area contributed by atoms with E-state index < -0.39 is 44.7 Å². The monoisotopic (exact) mass is 314 g/mol. The van der Waals surface area contributed by atoms with E-state index in [0.29, 0.717) is 6.42 Å². The van der Waals surface area contributed by atoms with Crippen molar-refractivity contribution in [1.29, 1.82) is 0 Å². The fraction of sp³-hybridized carbons (Fsp3) is 0.333. The normalized spacial score (nSPS) is 11.5. The van der Waals surface area contributed by atoms with Gasteiger partial charge in [0.05, 0.1) is 16.5 Å². The summed E-state index contributed by atoms with van der Waals surface area (Å²) < 4.78 is 18.2. The molecule has 0 fully saturated rings. The Hall–Kier alpha value is -2.91. The molecule has 0 aliphatic carbocycles. The summed E-state index contributed by atoms with van der Waals surface area (Å²) in [5.41, 5.74) is -2.98. The number of esters is 1. The topological polar surface area (TPSA) is 130 Å². The summed E-state index contributed by atoms with van der Waals surface area (Å²) in [5, 5.41) is 21.7. The lowest BCUT2D eigenvalue weighted by Gasteiger charge is -2.08. The lowest BCUT2D eigenvalue weighted by molar-refractivity contribution is -0.394. The molecule has 0 bridgehead atoms. The Balaban J connectivity index is 3.29. The fourth-order valence-electron chi connectivity index (χ4n) is 1.59. The van der Waals surface area contributed by atoms with Crippen molar-refractivity contribution >= 4 is 23.1 Å². The van der Waals surface area contributed by atoms with Crippen LogP contribution in [0.25, 0.3) is 0 Å². The predicted octanol–water partition coefficient (Wildman–Crippen LogP) is 1.98. The van der Waals surface area contributed by atoms with Crippen LogP contribution in [0.1, 0.15) is 23.7 Å². The highest BCUT2D eigenvalue weighted by molar-refractivity contribution is 6.15. The zero-order chi connectivity index (χ0) is 16.9. The van der Waals surface area contributed by atoms with E-state index in [2.05, 4.69) is 4.74 Å². The first kappa shape index (κ1) is 17.1. The van der Waals surface area contributed by atoms with Crippen LogP contribution >= 0.6 is 0 Å². The Kier molecular flexibility index (Phi) is 5.61. The van der Waals surface area contributed by atoms with Crippen LogP contribution in [0, 0.1) is 20.2 Å². The van der Waals surface area contributed by atoms with Gasteiger partial charge < -0.3 is 4.74 Å². The predicted molar refractivity (Wildman–Crippen MR) is 70.2 cm³/mol. The van der Waals surface area contributed by atoms with Crippen LogP contribution in [0.2, 0.25) is 0 Å². The van der Waals surface area contributed by atoms with Crippen molar-refractivity contribution < 1.29 is 28.6 Å². The van der Waals surface area contributed by atoms with Gasteiger partial charge in [-0.05, 0) is 12.5 Å². The van der Waals surface area contributed by atoms with Gasteiger partial charge in [0.2, 0.25) is 5.78 Å². The highest BCUT2D eigenvalue weighted by atomic mass is 19.1. The quantitative estimate of drug-likeness (QED) is 0.247. The van der Waals surface area contributed by atoms with Gasteiger partial charge in [-0.3, -0.25) is 25.0 Å². The summed E-state index contributed by atoms with van der Waals surface area (Å²) in [5.74, 6) is -3.22. The number of halogens is 1. The second-order valence-corrected chi connectivity index (χ2v) is 4.08. The van der Waals surface area contributed by atoms with Crippen molar-refractivity contribution in [2.24, 2.45) is 0 Å². The van der Waals surface area contributed by atoms with E-state index in [0.717, 1.165) is 18.2 Å². The number of carbonyl (C=O) groups excluding carboxylic acids is 2. The van der Waals surface area contributed by atoms with Crippen LogP contribution in [-0.2, 0) is 9.53 Å². The van der Waals surface area contributed by atoms with Gasteiger partial charge in [0.1, 0.15) is 0 Å². The van der Waals surface area contributed by atoms with Gasteiger partial charge in [0.25, 0.3) is 17.5 Å². The van der Waals surface area contributed by atoms with Crippen LogP contribution in [0.4, 0.5) is 15.8 Å². The van der Waals surface area contributed by atoms with Gasteiger partial charge >= 0.3 is 5.97 Å². The number of ketones is 1. The molecule has 1 atom stereocenters. The summed E-state index contributed by atoms with van der Waals surface area (Å²) >= 11 is 0. The smallest absolute Gasteiger partial charge is 0.349 e. The molecule has 0 aliphatic heterocycles. The maximum atomic E-state index is 13.8. The number of Topliss-reactive ketones (excluding diaryl/α,β-unsaturated/α-hetero) is 1. The molecule has 22 heavy (non-hydrogen) atoms. The van der Waals surface area contributed by atoms with Gasteiger partial charge in [-0.1, -0.05) is 6.92 Å². The Morgan fingerprint density at radius 1 is 1.23 bits per heavy atom. The Labute approximate surface area is 123 Å². The van der Waals surface area contributed by atoms with Gasteiger partial charge in [-0.25, -0.2) is 9.18 Å². The Morgan fingerprint density at radius 3 is 2.14 bits per heavy atom. The van der Waals surface area contributed by atoms with Gasteiger partial charge in [0.15, 0.2) is 5.56 Å². The number of carbonyl (C=O) groups is 2. The standard InChI is InChI=1S/C12H11FN2O7/c1-2-6-22-12(17)10(13)11(16)9-7(14(18)19)4-3-5-8(9)15(20)21/h3-5,10H,2,6H2,1H3. The van der Waals surface area contributed by atoms with E-state index in [1.165, 1.54) is 0 Å². The molecule has 0 amide bonds. The first-order valence-electron chi connectivity index (χ1n) is 6.08.